The largest absolute Gasteiger partial charge is 0.507 e. The molecule has 0 aromatic heterocycles. The molecule has 0 atom stereocenters. The molecule has 2 aromatic carbocycles. The summed E-state index contributed by atoms with van der Waals surface area (Å²) in [5.74, 6) is -4.96. The Morgan fingerprint density at radius 1 is 1.05 bits per heavy atom. The van der Waals surface area contributed by atoms with Crippen LogP contribution in [0.2, 0.25) is 0 Å². The molecule has 0 radical (unpaired) electrons. The molecule has 2 rings (SSSR count). The molecular weight excluding hydrogens is 284 g/mol. The summed E-state index contributed by atoms with van der Waals surface area (Å²) >= 11 is 0. The molecule has 0 unspecified atom stereocenters. The zero-order valence-corrected chi connectivity index (χ0v) is 10.4. The molecular formula is C14H9F2NO4. The molecule has 108 valence electrons. The summed E-state index contributed by atoms with van der Waals surface area (Å²) in [5.41, 5.74) is -1.20. The number of hydrogen-bond donors (Lipinski definition) is 3. The molecule has 3 N–H and O–H groups in total. The molecule has 0 saturated heterocycles. The average Bonchev–Trinajstić information content (AvgIpc) is 2.37. The normalized spacial score (nSPS) is 10.2. The van der Waals surface area contributed by atoms with Gasteiger partial charge in [0.1, 0.15) is 22.9 Å². The highest BCUT2D eigenvalue weighted by Gasteiger charge is 2.17. The Hall–Kier alpha value is -2.96. The average molecular weight is 293 g/mol. The number of carbonyl (C=O) groups is 2. The lowest BCUT2D eigenvalue weighted by Crippen LogP contribution is -2.14. The molecule has 0 aliphatic carbocycles. The molecule has 1 amide bonds. The summed E-state index contributed by atoms with van der Waals surface area (Å²) in [6.45, 7) is 0. The van der Waals surface area contributed by atoms with Crippen molar-refractivity contribution in [3.63, 3.8) is 0 Å². The lowest BCUT2D eigenvalue weighted by molar-refractivity contribution is 0.0691. The lowest BCUT2D eigenvalue weighted by atomic mass is 10.1. The zero-order valence-electron chi connectivity index (χ0n) is 10.4. The Labute approximate surface area is 117 Å². The third kappa shape index (κ3) is 2.97. The van der Waals surface area contributed by atoms with Crippen LogP contribution in [-0.4, -0.2) is 22.1 Å². The van der Waals surface area contributed by atoms with Crippen LogP contribution < -0.4 is 5.32 Å². The van der Waals surface area contributed by atoms with E-state index in [-0.39, 0.29) is 5.69 Å². The molecule has 21 heavy (non-hydrogen) atoms. The number of nitrogens with one attached hydrogen (secondary N) is 1. The van der Waals surface area contributed by atoms with Crippen LogP contribution in [0.4, 0.5) is 14.5 Å². The van der Waals surface area contributed by atoms with E-state index >= 15 is 0 Å². The quantitative estimate of drug-likeness (QED) is 0.812. The van der Waals surface area contributed by atoms with Crippen LogP contribution in [-0.2, 0) is 0 Å². The van der Waals surface area contributed by atoms with E-state index in [1.54, 1.807) is 0 Å². The van der Waals surface area contributed by atoms with Crippen molar-refractivity contribution in [2.24, 2.45) is 0 Å². The van der Waals surface area contributed by atoms with E-state index < -0.39 is 40.4 Å². The topological polar surface area (TPSA) is 86.6 Å². The van der Waals surface area contributed by atoms with E-state index in [4.69, 9.17) is 5.11 Å². The fourth-order valence-electron chi connectivity index (χ4n) is 1.70. The Balaban J connectivity index is 2.28. The second-order valence-electron chi connectivity index (χ2n) is 4.09. The van der Waals surface area contributed by atoms with E-state index in [9.17, 15) is 23.5 Å². The number of amides is 1. The smallest absolute Gasteiger partial charge is 0.338 e. The number of rotatable bonds is 3. The lowest BCUT2D eigenvalue weighted by Gasteiger charge is -2.08. The van der Waals surface area contributed by atoms with Gasteiger partial charge in [0.25, 0.3) is 5.91 Å². The summed E-state index contributed by atoms with van der Waals surface area (Å²) in [6, 6.07) is 6.26. The first-order valence-corrected chi connectivity index (χ1v) is 5.72. The molecule has 0 heterocycles. The molecule has 7 heteroatoms. The molecule has 0 bridgehead atoms. The van der Waals surface area contributed by atoms with E-state index in [2.05, 4.69) is 5.32 Å². The number of phenolic OH excluding ortho intramolecular Hbond substituents is 1. The van der Waals surface area contributed by atoms with Crippen molar-refractivity contribution in [3.05, 3.63) is 59.2 Å². The summed E-state index contributed by atoms with van der Waals surface area (Å²) in [5, 5.41) is 20.3. The minimum atomic E-state index is -1.45. The predicted octanol–water partition coefficient (Wildman–Crippen LogP) is 2.62. The van der Waals surface area contributed by atoms with Gasteiger partial charge in [-0.2, -0.15) is 0 Å². The number of halogens is 2. The second-order valence-corrected chi connectivity index (χ2v) is 4.09. The van der Waals surface area contributed by atoms with Crippen LogP contribution in [0.1, 0.15) is 20.7 Å². The third-order valence-electron chi connectivity index (χ3n) is 2.68. The molecule has 0 saturated carbocycles. The van der Waals surface area contributed by atoms with Gasteiger partial charge in [0, 0.05) is 5.69 Å². The van der Waals surface area contributed by atoms with Gasteiger partial charge in [-0.15, -0.1) is 0 Å². The molecule has 0 spiro atoms. The monoisotopic (exact) mass is 293 g/mol. The van der Waals surface area contributed by atoms with Crippen LogP contribution in [0, 0.1) is 11.6 Å². The maximum atomic E-state index is 13.5. The maximum absolute atomic E-state index is 13.5. The van der Waals surface area contributed by atoms with Gasteiger partial charge < -0.3 is 15.5 Å². The van der Waals surface area contributed by atoms with E-state index in [0.717, 1.165) is 30.3 Å². The van der Waals surface area contributed by atoms with Crippen LogP contribution >= 0.6 is 0 Å². The predicted molar refractivity (Wildman–Crippen MR) is 69.4 cm³/mol. The van der Waals surface area contributed by atoms with Crippen molar-refractivity contribution < 1.29 is 28.6 Å². The Morgan fingerprint density at radius 2 is 1.76 bits per heavy atom. The fourth-order valence-corrected chi connectivity index (χ4v) is 1.70. The Bertz CT molecular complexity index is 711. The van der Waals surface area contributed by atoms with Crippen molar-refractivity contribution in [1.82, 2.24) is 0 Å². The first-order chi connectivity index (χ1) is 9.90. The molecule has 2 aromatic rings. The van der Waals surface area contributed by atoms with Crippen molar-refractivity contribution in [2.75, 3.05) is 5.32 Å². The number of phenols is 1. The number of aromatic carboxylic acids is 1. The summed E-state index contributed by atoms with van der Waals surface area (Å²) in [6.07, 6.45) is 0. The van der Waals surface area contributed by atoms with Gasteiger partial charge in [0.15, 0.2) is 0 Å². The molecule has 0 aliphatic heterocycles. The van der Waals surface area contributed by atoms with Crippen LogP contribution in [0.5, 0.6) is 5.75 Å². The first-order valence-electron chi connectivity index (χ1n) is 5.72. The Kier molecular flexibility index (Phi) is 3.84. The number of carboxylic acids is 1. The van der Waals surface area contributed by atoms with Crippen LogP contribution in [0.15, 0.2) is 36.4 Å². The minimum absolute atomic E-state index is 0.0647. The Morgan fingerprint density at radius 3 is 2.33 bits per heavy atom. The summed E-state index contributed by atoms with van der Waals surface area (Å²) in [7, 11) is 0. The minimum Gasteiger partial charge on any atom is -0.507 e. The van der Waals surface area contributed by atoms with E-state index in [1.165, 1.54) is 6.07 Å². The zero-order chi connectivity index (χ0) is 15.6. The highest BCUT2D eigenvalue weighted by molar-refractivity contribution is 6.06. The van der Waals surface area contributed by atoms with Crippen molar-refractivity contribution >= 4 is 17.6 Å². The van der Waals surface area contributed by atoms with Crippen molar-refractivity contribution in [1.29, 1.82) is 0 Å². The molecule has 0 fully saturated rings. The number of aromatic hydroxyl groups is 1. The fraction of sp³-hybridized carbons (Fsp3) is 0. The number of hydrogen-bond acceptors (Lipinski definition) is 3. The van der Waals surface area contributed by atoms with Gasteiger partial charge in [0.2, 0.25) is 0 Å². The molecule has 0 aliphatic rings. The number of carboxylic acid groups (broad SMARTS) is 1. The second kappa shape index (κ2) is 5.58. The SMILES string of the molecule is O=C(O)c1ccc(NC(=O)c2c(O)cccc2F)cc1F. The van der Waals surface area contributed by atoms with E-state index in [0.29, 0.717) is 0 Å². The first kappa shape index (κ1) is 14.4. The van der Waals surface area contributed by atoms with Gasteiger partial charge in [0.05, 0.1) is 5.56 Å². The van der Waals surface area contributed by atoms with Gasteiger partial charge in [-0.3, -0.25) is 4.79 Å². The molecule has 5 nitrogen and oxygen atoms in total. The summed E-state index contributed by atoms with van der Waals surface area (Å²) in [4.78, 5) is 22.5. The van der Waals surface area contributed by atoms with Crippen LogP contribution in [0.25, 0.3) is 0 Å². The maximum Gasteiger partial charge on any atom is 0.338 e. The number of benzene rings is 2. The van der Waals surface area contributed by atoms with Gasteiger partial charge in [-0.25, -0.2) is 13.6 Å². The van der Waals surface area contributed by atoms with Gasteiger partial charge in [-0.1, -0.05) is 6.07 Å². The number of anilines is 1. The third-order valence-corrected chi connectivity index (χ3v) is 2.68. The number of carbonyl (C=O) groups excluding carboxylic acids is 1. The highest BCUT2D eigenvalue weighted by Crippen LogP contribution is 2.22. The van der Waals surface area contributed by atoms with Crippen LogP contribution in [0.3, 0.4) is 0 Å². The van der Waals surface area contributed by atoms with E-state index in [1.807, 2.05) is 0 Å². The van der Waals surface area contributed by atoms with Gasteiger partial charge >= 0.3 is 5.97 Å². The standard InChI is InChI=1S/C14H9F2NO4/c15-9-2-1-3-11(18)12(9)13(19)17-7-4-5-8(14(20)21)10(16)6-7/h1-6,18H,(H,17,19)(H,20,21). The highest BCUT2D eigenvalue weighted by atomic mass is 19.1. The van der Waals surface area contributed by atoms with Gasteiger partial charge in [-0.05, 0) is 30.3 Å². The van der Waals surface area contributed by atoms with Crippen molar-refractivity contribution in [2.45, 2.75) is 0 Å². The summed E-state index contributed by atoms with van der Waals surface area (Å²) < 4.78 is 26.9. The van der Waals surface area contributed by atoms with Crippen molar-refractivity contribution in [3.8, 4) is 5.75 Å².